The number of carbonyl (C=O) groups is 1. The molecule has 0 saturated carbocycles. The topological polar surface area (TPSA) is 145 Å². The van der Waals surface area contributed by atoms with Gasteiger partial charge in [-0.25, -0.2) is 4.79 Å². The zero-order valence-electron chi connectivity index (χ0n) is 17.4. The van der Waals surface area contributed by atoms with Crippen molar-refractivity contribution in [2.75, 3.05) is 50.2 Å². The van der Waals surface area contributed by atoms with Crippen LogP contribution in [0, 0.1) is 5.92 Å². The van der Waals surface area contributed by atoms with Crippen LogP contribution in [0.5, 0.6) is 0 Å². The SMILES string of the molecule is CC(C)[C@H](Nc1nc(NCCOCCOCCN)nc(-c2ccccc2)n1)C(=O)O. The molecule has 1 heterocycles. The Bertz CT molecular complexity index is 775. The summed E-state index contributed by atoms with van der Waals surface area (Å²) in [5.74, 6) is -0.137. The number of rotatable bonds is 14. The van der Waals surface area contributed by atoms with Crippen molar-refractivity contribution in [2.45, 2.75) is 19.9 Å². The van der Waals surface area contributed by atoms with Crippen LogP contribution in [-0.4, -0.2) is 71.6 Å². The van der Waals surface area contributed by atoms with Crippen LogP contribution < -0.4 is 16.4 Å². The molecule has 0 saturated heterocycles. The summed E-state index contributed by atoms with van der Waals surface area (Å²) in [5.41, 5.74) is 6.15. The smallest absolute Gasteiger partial charge is 0.326 e. The van der Waals surface area contributed by atoms with Crippen molar-refractivity contribution in [1.82, 2.24) is 15.0 Å². The molecule has 164 valence electrons. The van der Waals surface area contributed by atoms with Crippen LogP contribution in [0.3, 0.4) is 0 Å². The van der Waals surface area contributed by atoms with Crippen molar-refractivity contribution in [1.29, 1.82) is 0 Å². The fraction of sp³-hybridized carbons (Fsp3) is 0.500. The number of carboxylic acids is 1. The maximum Gasteiger partial charge on any atom is 0.326 e. The molecule has 0 unspecified atom stereocenters. The minimum Gasteiger partial charge on any atom is -0.480 e. The van der Waals surface area contributed by atoms with Crippen LogP contribution in [0.25, 0.3) is 11.4 Å². The summed E-state index contributed by atoms with van der Waals surface area (Å²) in [4.78, 5) is 24.7. The fourth-order valence-corrected chi connectivity index (χ4v) is 2.53. The lowest BCUT2D eigenvalue weighted by molar-refractivity contribution is -0.138. The molecular formula is C20H30N6O4. The predicted molar refractivity (Wildman–Crippen MR) is 114 cm³/mol. The van der Waals surface area contributed by atoms with Crippen molar-refractivity contribution in [3.05, 3.63) is 30.3 Å². The standard InChI is InChI=1S/C20H30N6O4/c1-14(2)16(18(27)28)23-20-25-17(15-6-4-3-5-7-15)24-19(26-20)22-9-11-30-13-12-29-10-8-21/h3-7,14,16H,8-13,21H2,1-2H3,(H,27,28)(H2,22,23,24,25,26)/t16-/m0/s1. The van der Waals surface area contributed by atoms with Gasteiger partial charge in [-0.2, -0.15) is 15.0 Å². The first-order valence-corrected chi connectivity index (χ1v) is 9.91. The number of nitrogens with one attached hydrogen (secondary N) is 2. The first-order valence-electron chi connectivity index (χ1n) is 9.91. The summed E-state index contributed by atoms with van der Waals surface area (Å²) in [6.07, 6.45) is 0. The number of anilines is 2. The summed E-state index contributed by atoms with van der Waals surface area (Å²) in [6, 6.07) is 8.61. The molecule has 2 rings (SSSR count). The number of aromatic nitrogens is 3. The Hall–Kier alpha value is -2.82. The minimum absolute atomic E-state index is 0.147. The van der Waals surface area contributed by atoms with Crippen molar-refractivity contribution < 1.29 is 19.4 Å². The number of hydrogen-bond donors (Lipinski definition) is 4. The van der Waals surface area contributed by atoms with Gasteiger partial charge in [0.1, 0.15) is 6.04 Å². The monoisotopic (exact) mass is 418 g/mol. The molecule has 0 aliphatic rings. The first-order chi connectivity index (χ1) is 14.5. The third-order valence-electron chi connectivity index (χ3n) is 4.05. The van der Waals surface area contributed by atoms with Gasteiger partial charge in [0, 0.05) is 18.7 Å². The van der Waals surface area contributed by atoms with E-state index >= 15 is 0 Å². The molecule has 10 nitrogen and oxygen atoms in total. The second-order valence-corrected chi connectivity index (χ2v) is 6.82. The first kappa shape index (κ1) is 23.5. The van der Waals surface area contributed by atoms with Crippen molar-refractivity contribution in [2.24, 2.45) is 11.7 Å². The molecule has 0 amide bonds. The van der Waals surface area contributed by atoms with Gasteiger partial charge >= 0.3 is 5.97 Å². The number of hydrogen-bond acceptors (Lipinski definition) is 9. The molecule has 0 radical (unpaired) electrons. The van der Waals surface area contributed by atoms with Gasteiger partial charge in [0.25, 0.3) is 0 Å². The number of nitrogens with zero attached hydrogens (tertiary/aromatic N) is 3. The second-order valence-electron chi connectivity index (χ2n) is 6.82. The highest BCUT2D eigenvalue weighted by Gasteiger charge is 2.23. The summed E-state index contributed by atoms with van der Waals surface area (Å²) in [7, 11) is 0. The van der Waals surface area contributed by atoms with Crippen LogP contribution >= 0.6 is 0 Å². The molecule has 1 aromatic carbocycles. The molecule has 0 bridgehead atoms. The lowest BCUT2D eigenvalue weighted by Gasteiger charge is -2.18. The number of ether oxygens (including phenoxy) is 2. The predicted octanol–water partition coefficient (Wildman–Crippen LogP) is 1.46. The number of nitrogens with two attached hydrogens (primary N) is 1. The summed E-state index contributed by atoms with van der Waals surface area (Å²) in [5, 5.41) is 15.4. The van der Waals surface area contributed by atoms with Gasteiger partial charge in [-0.3, -0.25) is 0 Å². The highest BCUT2D eigenvalue weighted by Crippen LogP contribution is 2.19. The Morgan fingerprint density at radius 2 is 1.70 bits per heavy atom. The van der Waals surface area contributed by atoms with Crippen LogP contribution in [0.15, 0.2) is 30.3 Å². The van der Waals surface area contributed by atoms with Crippen LogP contribution in [0.4, 0.5) is 11.9 Å². The molecule has 0 fully saturated rings. The molecule has 5 N–H and O–H groups in total. The van der Waals surface area contributed by atoms with E-state index in [9.17, 15) is 9.90 Å². The van der Waals surface area contributed by atoms with E-state index in [0.717, 1.165) is 5.56 Å². The van der Waals surface area contributed by atoms with Crippen LogP contribution in [0.1, 0.15) is 13.8 Å². The second kappa shape index (κ2) is 12.7. The quantitative estimate of drug-likeness (QED) is 0.333. The van der Waals surface area contributed by atoms with Gasteiger partial charge in [0.05, 0.1) is 26.4 Å². The molecular weight excluding hydrogens is 388 g/mol. The Kier molecular flexibility index (Phi) is 9.92. The number of carboxylic acid groups (broad SMARTS) is 1. The third kappa shape index (κ3) is 7.90. The lowest BCUT2D eigenvalue weighted by atomic mass is 10.1. The van der Waals surface area contributed by atoms with E-state index in [2.05, 4.69) is 25.6 Å². The van der Waals surface area contributed by atoms with E-state index in [4.69, 9.17) is 15.2 Å². The molecule has 0 spiro atoms. The molecule has 0 aliphatic heterocycles. The Morgan fingerprint density at radius 3 is 2.33 bits per heavy atom. The average molecular weight is 418 g/mol. The maximum absolute atomic E-state index is 11.5. The Labute approximate surface area is 176 Å². The van der Waals surface area contributed by atoms with Gasteiger partial charge in [-0.15, -0.1) is 0 Å². The van der Waals surface area contributed by atoms with E-state index in [-0.39, 0.29) is 11.9 Å². The maximum atomic E-state index is 11.5. The van der Waals surface area contributed by atoms with Crippen LogP contribution in [-0.2, 0) is 14.3 Å². The number of aliphatic carboxylic acids is 1. The van der Waals surface area contributed by atoms with Crippen LogP contribution in [0.2, 0.25) is 0 Å². The zero-order valence-corrected chi connectivity index (χ0v) is 17.4. The van der Waals surface area contributed by atoms with Crippen molar-refractivity contribution >= 4 is 17.9 Å². The van der Waals surface area contributed by atoms with Gasteiger partial charge < -0.3 is 30.9 Å². The molecule has 1 atom stereocenters. The van der Waals surface area contributed by atoms with Gasteiger partial charge in [0.15, 0.2) is 5.82 Å². The Balaban J connectivity index is 2.06. The molecule has 0 aliphatic carbocycles. The minimum atomic E-state index is -0.966. The molecule has 2 aromatic rings. The zero-order chi connectivity index (χ0) is 21.8. The summed E-state index contributed by atoms with van der Waals surface area (Å²) < 4.78 is 10.7. The lowest BCUT2D eigenvalue weighted by Crippen LogP contribution is -2.35. The highest BCUT2D eigenvalue weighted by molar-refractivity contribution is 5.77. The Morgan fingerprint density at radius 1 is 1.03 bits per heavy atom. The number of benzene rings is 1. The van der Waals surface area contributed by atoms with E-state index < -0.39 is 12.0 Å². The van der Waals surface area contributed by atoms with E-state index in [1.807, 2.05) is 44.2 Å². The third-order valence-corrected chi connectivity index (χ3v) is 4.05. The van der Waals surface area contributed by atoms with E-state index in [1.165, 1.54) is 0 Å². The fourth-order valence-electron chi connectivity index (χ4n) is 2.53. The largest absolute Gasteiger partial charge is 0.480 e. The van der Waals surface area contributed by atoms with Gasteiger partial charge in [0.2, 0.25) is 11.9 Å². The van der Waals surface area contributed by atoms with Crippen molar-refractivity contribution in [3.8, 4) is 11.4 Å². The van der Waals surface area contributed by atoms with Gasteiger partial charge in [-0.1, -0.05) is 44.2 Å². The normalized spacial score (nSPS) is 12.0. The highest BCUT2D eigenvalue weighted by atomic mass is 16.5. The average Bonchev–Trinajstić information content (AvgIpc) is 2.74. The van der Waals surface area contributed by atoms with E-state index in [0.29, 0.717) is 51.3 Å². The molecule has 1 aromatic heterocycles. The molecule has 30 heavy (non-hydrogen) atoms. The summed E-state index contributed by atoms with van der Waals surface area (Å²) >= 11 is 0. The van der Waals surface area contributed by atoms with Crippen molar-refractivity contribution in [3.63, 3.8) is 0 Å². The summed E-state index contributed by atoms with van der Waals surface area (Å²) in [6.45, 7) is 6.50. The molecule has 10 heteroatoms. The van der Waals surface area contributed by atoms with E-state index in [1.54, 1.807) is 0 Å². The van der Waals surface area contributed by atoms with Gasteiger partial charge in [-0.05, 0) is 5.92 Å².